The molecule has 4 nitrogen and oxygen atoms in total. The van der Waals surface area contributed by atoms with Gasteiger partial charge in [0, 0.05) is 13.1 Å². The summed E-state index contributed by atoms with van der Waals surface area (Å²) in [5, 5.41) is 9.79. The van der Waals surface area contributed by atoms with Gasteiger partial charge in [-0.1, -0.05) is 24.2 Å². The lowest BCUT2D eigenvalue weighted by Gasteiger charge is -2.39. The highest BCUT2D eigenvalue weighted by Gasteiger charge is 2.37. The first kappa shape index (κ1) is 12.0. The predicted molar refractivity (Wildman–Crippen MR) is 71.4 cm³/mol. The fourth-order valence-corrected chi connectivity index (χ4v) is 4.11. The van der Waals surface area contributed by atoms with E-state index in [1.165, 1.54) is 56.1 Å². The lowest BCUT2D eigenvalue weighted by atomic mass is 9.77. The average Bonchev–Trinajstić information content (AvgIpc) is 3.00. The summed E-state index contributed by atoms with van der Waals surface area (Å²) in [4.78, 5) is 17.7. The molecule has 2 heterocycles. The van der Waals surface area contributed by atoms with Crippen LogP contribution in [0.25, 0.3) is 0 Å². The van der Waals surface area contributed by atoms with Gasteiger partial charge in [-0.2, -0.15) is 0 Å². The van der Waals surface area contributed by atoms with Crippen molar-refractivity contribution in [3.05, 3.63) is 11.1 Å². The molecule has 1 aliphatic heterocycles. The molecule has 0 radical (unpaired) electrons. The molecule has 0 aromatic carbocycles. The van der Waals surface area contributed by atoms with E-state index >= 15 is 0 Å². The van der Waals surface area contributed by atoms with Crippen molar-refractivity contribution in [2.24, 2.45) is 5.41 Å². The Morgan fingerprint density at radius 1 is 1.28 bits per heavy atom. The van der Waals surface area contributed by atoms with E-state index in [4.69, 9.17) is 5.11 Å². The summed E-state index contributed by atoms with van der Waals surface area (Å²) in [6, 6.07) is 0. The average molecular weight is 266 g/mol. The molecule has 2 fully saturated rings. The standard InChI is InChI=1S/C13H18N2O2S/c16-11(17)10-9-14-12(18-10)15-7-5-13(6-8-15)3-1-2-4-13/h9H,1-8H2,(H,16,17). The molecule has 1 aromatic heterocycles. The van der Waals surface area contributed by atoms with Crippen LogP contribution in [-0.4, -0.2) is 29.1 Å². The molecule has 5 heteroatoms. The number of carbonyl (C=O) groups is 1. The molecule has 0 unspecified atom stereocenters. The van der Waals surface area contributed by atoms with Crippen LogP contribution in [0.1, 0.15) is 48.2 Å². The van der Waals surface area contributed by atoms with Crippen LogP contribution in [0, 0.1) is 5.41 Å². The first-order valence-corrected chi connectivity index (χ1v) is 7.44. The third kappa shape index (κ3) is 2.11. The number of nitrogens with zero attached hydrogens (tertiary/aromatic N) is 2. The summed E-state index contributed by atoms with van der Waals surface area (Å²) in [6.07, 6.45) is 9.52. The van der Waals surface area contributed by atoms with Gasteiger partial charge in [0.15, 0.2) is 5.13 Å². The number of rotatable bonds is 2. The van der Waals surface area contributed by atoms with Crippen molar-refractivity contribution in [1.29, 1.82) is 0 Å². The van der Waals surface area contributed by atoms with Gasteiger partial charge >= 0.3 is 5.97 Å². The number of carboxylic acid groups (broad SMARTS) is 1. The second kappa shape index (κ2) is 4.53. The van der Waals surface area contributed by atoms with Gasteiger partial charge in [0.2, 0.25) is 0 Å². The van der Waals surface area contributed by atoms with Crippen LogP contribution < -0.4 is 4.90 Å². The Kier molecular flexibility index (Phi) is 3.01. The van der Waals surface area contributed by atoms with Crippen LogP contribution in [0.15, 0.2) is 6.20 Å². The number of hydrogen-bond acceptors (Lipinski definition) is 4. The largest absolute Gasteiger partial charge is 0.477 e. The van der Waals surface area contributed by atoms with Crippen molar-refractivity contribution < 1.29 is 9.90 Å². The zero-order valence-corrected chi connectivity index (χ0v) is 11.2. The molecular formula is C13H18N2O2S. The molecule has 0 bridgehead atoms. The molecule has 1 saturated carbocycles. The van der Waals surface area contributed by atoms with Gasteiger partial charge in [0.05, 0.1) is 6.20 Å². The number of aromatic nitrogens is 1. The van der Waals surface area contributed by atoms with Gasteiger partial charge in [-0.15, -0.1) is 0 Å². The second-order valence-electron chi connectivity index (χ2n) is 5.51. The van der Waals surface area contributed by atoms with Crippen molar-refractivity contribution in [3.63, 3.8) is 0 Å². The Morgan fingerprint density at radius 2 is 1.94 bits per heavy atom. The van der Waals surface area contributed by atoms with Crippen molar-refractivity contribution in [3.8, 4) is 0 Å². The van der Waals surface area contributed by atoms with Crippen molar-refractivity contribution in [2.75, 3.05) is 18.0 Å². The molecule has 1 spiro atoms. The SMILES string of the molecule is O=C(O)c1cnc(N2CCC3(CCCC3)CC2)s1. The fourth-order valence-electron chi connectivity index (χ4n) is 3.31. The molecule has 3 rings (SSSR count). The maximum atomic E-state index is 10.9. The number of hydrogen-bond donors (Lipinski definition) is 1. The van der Waals surface area contributed by atoms with E-state index in [9.17, 15) is 4.79 Å². The van der Waals surface area contributed by atoms with Gasteiger partial charge in [-0.3, -0.25) is 0 Å². The Labute approximate surface area is 111 Å². The molecule has 1 aliphatic carbocycles. The lowest BCUT2D eigenvalue weighted by Crippen LogP contribution is -2.38. The highest BCUT2D eigenvalue weighted by atomic mass is 32.1. The van der Waals surface area contributed by atoms with Crippen LogP contribution in [0.2, 0.25) is 0 Å². The third-order valence-electron chi connectivity index (χ3n) is 4.46. The maximum absolute atomic E-state index is 10.9. The molecule has 1 aromatic rings. The number of anilines is 1. The van der Waals surface area contributed by atoms with Crippen molar-refractivity contribution in [1.82, 2.24) is 4.98 Å². The van der Waals surface area contributed by atoms with Gasteiger partial charge in [-0.05, 0) is 31.1 Å². The summed E-state index contributed by atoms with van der Waals surface area (Å²) in [6.45, 7) is 2.07. The highest BCUT2D eigenvalue weighted by Crippen LogP contribution is 2.46. The minimum Gasteiger partial charge on any atom is -0.477 e. The van der Waals surface area contributed by atoms with E-state index in [1.807, 2.05) is 0 Å². The minimum atomic E-state index is -0.872. The Morgan fingerprint density at radius 3 is 2.50 bits per heavy atom. The molecule has 2 aliphatic rings. The van der Waals surface area contributed by atoms with Crippen LogP contribution in [0.3, 0.4) is 0 Å². The fraction of sp³-hybridized carbons (Fsp3) is 0.692. The minimum absolute atomic E-state index is 0.339. The number of piperidine rings is 1. The molecule has 0 amide bonds. The van der Waals surface area contributed by atoms with E-state index in [0.29, 0.717) is 10.3 Å². The van der Waals surface area contributed by atoms with Crippen molar-refractivity contribution in [2.45, 2.75) is 38.5 Å². The van der Waals surface area contributed by atoms with Gasteiger partial charge in [0.1, 0.15) is 4.88 Å². The summed E-state index contributed by atoms with van der Waals surface area (Å²) in [7, 11) is 0. The summed E-state index contributed by atoms with van der Waals surface area (Å²) < 4.78 is 0. The van der Waals surface area contributed by atoms with Crippen LogP contribution in [0.4, 0.5) is 5.13 Å². The van der Waals surface area contributed by atoms with E-state index in [-0.39, 0.29) is 0 Å². The van der Waals surface area contributed by atoms with E-state index in [1.54, 1.807) is 0 Å². The normalized spacial score (nSPS) is 22.6. The molecule has 18 heavy (non-hydrogen) atoms. The molecular weight excluding hydrogens is 248 g/mol. The summed E-state index contributed by atoms with van der Waals surface area (Å²) in [5.41, 5.74) is 0.601. The van der Waals surface area contributed by atoms with E-state index in [2.05, 4.69) is 9.88 Å². The summed E-state index contributed by atoms with van der Waals surface area (Å²) >= 11 is 1.29. The Hall–Kier alpha value is -1.10. The maximum Gasteiger partial charge on any atom is 0.347 e. The van der Waals surface area contributed by atoms with E-state index < -0.39 is 5.97 Å². The first-order chi connectivity index (χ1) is 8.69. The zero-order chi connectivity index (χ0) is 12.6. The van der Waals surface area contributed by atoms with Crippen LogP contribution in [0.5, 0.6) is 0 Å². The summed E-state index contributed by atoms with van der Waals surface area (Å²) in [5.74, 6) is -0.872. The number of aromatic carboxylic acids is 1. The van der Waals surface area contributed by atoms with Crippen molar-refractivity contribution >= 4 is 22.4 Å². The zero-order valence-electron chi connectivity index (χ0n) is 10.4. The van der Waals surface area contributed by atoms with Gasteiger partial charge in [0.25, 0.3) is 0 Å². The van der Waals surface area contributed by atoms with Crippen LogP contribution >= 0.6 is 11.3 Å². The highest BCUT2D eigenvalue weighted by molar-refractivity contribution is 7.17. The third-order valence-corrected chi connectivity index (χ3v) is 5.51. The molecule has 1 saturated heterocycles. The quantitative estimate of drug-likeness (QED) is 0.894. The number of thiazole rings is 1. The second-order valence-corrected chi connectivity index (χ2v) is 6.52. The monoisotopic (exact) mass is 266 g/mol. The molecule has 0 atom stereocenters. The number of carboxylic acids is 1. The van der Waals surface area contributed by atoms with Gasteiger partial charge in [-0.25, -0.2) is 9.78 Å². The van der Waals surface area contributed by atoms with Crippen LogP contribution in [-0.2, 0) is 0 Å². The molecule has 1 N–H and O–H groups in total. The smallest absolute Gasteiger partial charge is 0.347 e. The Balaban J connectivity index is 1.66. The Bertz CT molecular complexity index is 442. The van der Waals surface area contributed by atoms with E-state index in [0.717, 1.165) is 18.2 Å². The molecule has 98 valence electrons. The van der Waals surface area contributed by atoms with Gasteiger partial charge < -0.3 is 10.0 Å². The topological polar surface area (TPSA) is 53.4 Å². The predicted octanol–water partition coefficient (Wildman–Crippen LogP) is 3.00. The first-order valence-electron chi connectivity index (χ1n) is 6.63. The lowest BCUT2D eigenvalue weighted by molar-refractivity contribution is 0.0702.